The number of rotatable bonds is 5. The molecule has 21 heavy (non-hydrogen) atoms. The summed E-state index contributed by atoms with van der Waals surface area (Å²) in [5.41, 5.74) is 0.983. The van der Waals surface area contributed by atoms with Crippen molar-refractivity contribution in [3.8, 4) is 0 Å². The van der Waals surface area contributed by atoms with Crippen molar-refractivity contribution in [3.05, 3.63) is 29.8 Å². The van der Waals surface area contributed by atoms with E-state index in [1.165, 1.54) is 21.3 Å². The van der Waals surface area contributed by atoms with E-state index < -0.39 is 17.5 Å². The fourth-order valence-corrected chi connectivity index (χ4v) is 6.45. The monoisotopic (exact) mass is 337 g/mol. The molecule has 9 heteroatoms. The Morgan fingerprint density at radius 3 is 2.05 bits per heavy atom. The molecule has 1 aliphatic rings. The molecule has 0 unspecified atom stereocenters. The number of nitrogens with zero attached hydrogens (tertiary/aromatic N) is 1. The third kappa shape index (κ3) is 2.73. The molecule has 0 saturated carbocycles. The molecule has 0 bridgehead atoms. The fraction of sp³-hybridized carbons (Fsp3) is 0.500. The minimum absolute atomic E-state index is 0.106. The van der Waals surface area contributed by atoms with Crippen molar-refractivity contribution in [2.45, 2.75) is 11.8 Å². The third-order valence-corrected chi connectivity index (χ3v) is 9.06. The average Bonchev–Trinajstić information content (AvgIpc) is 2.91. The summed E-state index contributed by atoms with van der Waals surface area (Å²) < 4.78 is 47.9. The Morgan fingerprint density at radius 1 is 1.10 bits per heavy atom. The van der Waals surface area contributed by atoms with Gasteiger partial charge in [0, 0.05) is 0 Å². The van der Waals surface area contributed by atoms with Crippen molar-refractivity contribution in [1.82, 2.24) is 4.31 Å². The Morgan fingerprint density at radius 2 is 1.62 bits per heavy atom. The molecule has 120 valence electrons. The Labute approximate surface area is 125 Å². The maximum atomic E-state index is 12.6. The Kier molecular flexibility index (Phi) is 4.43. The Hall–Kier alpha value is -0.600. The van der Waals surface area contributed by atoms with Gasteiger partial charge >= 0.3 is 124 Å². The van der Waals surface area contributed by atoms with Crippen LogP contribution < -0.4 is 0 Å². The van der Waals surface area contributed by atoms with Crippen molar-refractivity contribution >= 4 is 17.5 Å². The van der Waals surface area contributed by atoms with Crippen LogP contribution in [0.2, 0.25) is 0 Å². The maximum absolute atomic E-state index is 12.6. The van der Waals surface area contributed by atoms with Crippen molar-refractivity contribution < 1.29 is 26.5 Å². The molecule has 0 aromatic heterocycles. The molecule has 1 heterocycles. The zero-order valence-electron chi connectivity index (χ0n) is 12.5. The second kappa shape index (κ2) is 5.55. The molecule has 0 aliphatic carbocycles. The molecule has 1 aliphatic heterocycles. The van der Waals surface area contributed by atoms with Crippen LogP contribution >= 0.6 is 7.51 Å². The predicted molar refractivity (Wildman–Crippen MR) is 79.0 cm³/mol. The van der Waals surface area contributed by atoms with Gasteiger partial charge in [0.1, 0.15) is 0 Å². The molecular weight excluding hydrogens is 317 g/mol. The van der Waals surface area contributed by atoms with Gasteiger partial charge in [0.15, 0.2) is 0 Å². The van der Waals surface area contributed by atoms with E-state index in [2.05, 4.69) is 0 Å². The van der Waals surface area contributed by atoms with Crippen molar-refractivity contribution in [1.29, 1.82) is 0 Å². The van der Waals surface area contributed by atoms with Gasteiger partial charge < -0.3 is 0 Å². The van der Waals surface area contributed by atoms with Crippen LogP contribution in [-0.2, 0) is 28.1 Å². The van der Waals surface area contributed by atoms with E-state index in [9.17, 15) is 8.42 Å². The van der Waals surface area contributed by atoms with Crippen LogP contribution in [0.1, 0.15) is 5.56 Å². The van der Waals surface area contributed by atoms with Crippen LogP contribution in [0.15, 0.2) is 29.2 Å². The van der Waals surface area contributed by atoms with E-state index in [1.54, 1.807) is 24.3 Å². The first-order chi connectivity index (χ1) is 9.81. The first kappa shape index (κ1) is 16.8. The molecular formula is C12H20NO6PS. The van der Waals surface area contributed by atoms with E-state index in [0.29, 0.717) is 0 Å². The summed E-state index contributed by atoms with van der Waals surface area (Å²) in [5.74, 6) is 0. The summed E-state index contributed by atoms with van der Waals surface area (Å²) >= 11 is 0. The first-order valence-electron chi connectivity index (χ1n) is 6.23. The standard InChI is InChI=1S/C12H20NO6PS/c1-11-5-7-12(8-6-11)21(14,15)13-9-19-20(10-13,16-2,17-3)18-4/h5-8H,9-10H2,1-4H3. The Balaban J connectivity index is 2.34. The van der Waals surface area contributed by atoms with Gasteiger partial charge in [-0.2, -0.15) is 0 Å². The first-order valence-corrected chi connectivity index (χ1v) is 9.77. The van der Waals surface area contributed by atoms with Crippen LogP contribution in [0.25, 0.3) is 0 Å². The summed E-state index contributed by atoms with van der Waals surface area (Å²) in [6, 6.07) is 6.60. The van der Waals surface area contributed by atoms with Gasteiger partial charge in [0.25, 0.3) is 0 Å². The second-order valence-corrected chi connectivity index (χ2v) is 10.2. The molecule has 0 atom stereocenters. The molecule has 1 aromatic carbocycles. The van der Waals surface area contributed by atoms with Gasteiger partial charge in [-0.05, 0) is 0 Å². The van der Waals surface area contributed by atoms with Gasteiger partial charge in [-0.3, -0.25) is 0 Å². The molecule has 0 spiro atoms. The van der Waals surface area contributed by atoms with Crippen LogP contribution in [0.5, 0.6) is 0 Å². The average molecular weight is 337 g/mol. The molecule has 0 N–H and O–H groups in total. The SMILES string of the molecule is COP1(OC)(OC)CN(S(=O)(=O)c2ccc(C)cc2)CO1. The summed E-state index contributed by atoms with van der Waals surface area (Å²) in [6.45, 7) is 1.71. The van der Waals surface area contributed by atoms with E-state index in [-0.39, 0.29) is 17.9 Å². The van der Waals surface area contributed by atoms with Crippen LogP contribution in [0, 0.1) is 6.92 Å². The molecule has 0 amide bonds. The van der Waals surface area contributed by atoms with Crippen molar-refractivity contribution in [2.24, 2.45) is 0 Å². The molecule has 1 fully saturated rings. The number of hydrogen-bond acceptors (Lipinski definition) is 6. The molecule has 7 nitrogen and oxygen atoms in total. The Bertz CT molecular complexity index is 602. The third-order valence-electron chi connectivity index (χ3n) is 3.56. The van der Waals surface area contributed by atoms with Gasteiger partial charge in [-0.25, -0.2) is 0 Å². The van der Waals surface area contributed by atoms with E-state index in [4.69, 9.17) is 18.1 Å². The normalized spacial score (nSPS) is 23.5. The van der Waals surface area contributed by atoms with Gasteiger partial charge in [0.05, 0.1) is 0 Å². The van der Waals surface area contributed by atoms with Gasteiger partial charge in [0.2, 0.25) is 0 Å². The minimum atomic E-state index is -3.85. The summed E-state index contributed by atoms with van der Waals surface area (Å²) in [6.07, 6.45) is -0.106. The molecule has 2 rings (SSSR count). The summed E-state index contributed by atoms with van der Waals surface area (Å²) in [5, 5.41) is 0. The second-order valence-electron chi connectivity index (χ2n) is 4.68. The number of hydrogen-bond donors (Lipinski definition) is 0. The van der Waals surface area contributed by atoms with Crippen molar-refractivity contribution in [2.75, 3.05) is 34.3 Å². The molecule has 1 aromatic rings. The van der Waals surface area contributed by atoms with E-state index >= 15 is 0 Å². The number of sulfonamides is 1. The number of aryl methyl sites for hydroxylation is 1. The summed E-state index contributed by atoms with van der Waals surface area (Å²) in [7, 11) is -3.40. The van der Waals surface area contributed by atoms with E-state index in [0.717, 1.165) is 9.87 Å². The summed E-state index contributed by atoms with van der Waals surface area (Å²) in [4.78, 5) is 0.193. The van der Waals surface area contributed by atoms with Gasteiger partial charge in [-0.1, -0.05) is 0 Å². The predicted octanol–water partition coefficient (Wildman–Crippen LogP) is 2.08. The zero-order valence-corrected chi connectivity index (χ0v) is 14.2. The zero-order chi connectivity index (χ0) is 15.8. The number of benzene rings is 1. The molecule has 0 radical (unpaired) electrons. The van der Waals surface area contributed by atoms with Crippen LogP contribution in [0.3, 0.4) is 0 Å². The topological polar surface area (TPSA) is 74.3 Å². The van der Waals surface area contributed by atoms with Crippen LogP contribution in [-0.4, -0.2) is 47.1 Å². The fourth-order valence-electron chi connectivity index (χ4n) is 2.07. The van der Waals surface area contributed by atoms with Gasteiger partial charge in [-0.15, -0.1) is 0 Å². The quantitative estimate of drug-likeness (QED) is 0.766. The van der Waals surface area contributed by atoms with Crippen LogP contribution in [0.4, 0.5) is 0 Å². The molecule has 1 saturated heterocycles. The van der Waals surface area contributed by atoms with E-state index in [1.807, 2.05) is 6.92 Å². The van der Waals surface area contributed by atoms with Crippen molar-refractivity contribution in [3.63, 3.8) is 0 Å².